The molecule has 1 saturated heterocycles. The van der Waals surface area contributed by atoms with E-state index < -0.39 is 11.4 Å². The van der Waals surface area contributed by atoms with Crippen LogP contribution in [0.5, 0.6) is 0 Å². The summed E-state index contributed by atoms with van der Waals surface area (Å²) in [6, 6.07) is 3.23. The Hall–Kier alpha value is -1.74. The standard InChI is InChI=1S/C14H13F2N5S2/c15-9-3-18-13(19-4-9)21-5-8-6-22-12(17)20-14(8,7-21)10-1-2-11(16)23-10/h1-4,8H,5-7H2,(H2,17,20). The zero-order valence-electron chi connectivity index (χ0n) is 11.9. The van der Waals surface area contributed by atoms with Gasteiger partial charge in [-0.2, -0.15) is 4.39 Å². The first-order valence-electron chi connectivity index (χ1n) is 7.03. The highest BCUT2D eigenvalue weighted by Gasteiger charge is 2.51. The quantitative estimate of drug-likeness (QED) is 0.897. The van der Waals surface area contributed by atoms with Crippen molar-refractivity contribution < 1.29 is 8.78 Å². The molecule has 5 nitrogen and oxygen atoms in total. The highest BCUT2D eigenvalue weighted by molar-refractivity contribution is 8.13. The average Bonchev–Trinajstić information content (AvgIpc) is 3.12. The molecule has 0 saturated carbocycles. The van der Waals surface area contributed by atoms with Crippen molar-refractivity contribution in [2.24, 2.45) is 16.6 Å². The molecule has 0 radical (unpaired) electrons. The van der Waals surface area contributed by atoms with Crippen molar-refractivity contribution in [3.63, 3.8) is 0 Å². The first kappa shape index (κ1) is 14.8. The molecule has 9 heteroatoms. The van der Waals surface area contributed by atoms with Gasteiger partial charge in [0.15, 0.2) is 16.1 Å². The van der Waals surface area contributed by atoms with Crippen LogP contribution in [0.2, 0.25) is 0 Å². The predicted molar refractivity (Wildman–Crippen MR) is 87.7 cm³/mol. The summed E-state index contributed by atoms with van der Waals surface area (Å²) in [4.78, 5) is 15.6. The Labute approximate surface area is 139 Å². The molecule has 23 heavy (non-hydrogen) atoms. The van der Waals surface area contributed by atoms with Crippen molar-refractivity contribution in [1.82, 2.24) is 9.97 Å². The summed E-state index contributed by atoms with van der Waals surface area (Å²) in [5, 5.41) is 0.272. The first-order valence-corrected chi connectivity index (χ1v) is 8.83. The van der Waals surface area contributed by atoms with E-state index in [1.165, 1.54) is 17.8 Å². The van der Waals surface area contributed by atoms with Gasteiger partial charge in [0.1, 0.15) is 5.54 Å². The van der Waals surface area contributed by atoms with Crippen LogP contribution < -0.4 is 10.6 Å². The van der Waals surface area contributed by atoms with Gasteiger partial charge in [-0.25, -0.2) is 19.4 Å². The number of amidine groups is 1. The van der Waals surface area contributed by atoms with Gasteiger partial charge in [0.2, 0.25) is 5.95 Å². The van der Waals surface area contributed by atoms with E-state index in [-0.39, 0.29) is 11.0 Å². The smallest absolute Gasteiger partial charge is 0.225 e. The third-order valence-corrected chi connectivity index (χ3v) is 6.18. The van der Waals surface area contributed by atoms with Gasteiger partial charge in [-0.15, -0.1) is 11.3 Å². The van der Waals surface area contributed by atoms with Gasteiger partial charge in [-0.05, 0) is 12.1 Å². The van der Waals surface area contributed by atoms with Crippen LogP contribution in [0, 0.1) is 16.9 Å². The molecule has 2 N–H and O–H groups in total. The Morgan fingerprint density at radius 3 is 2.74 bits per heavy atom. The molecule has 0 amide bonds. The van der Waals surface area contributed by atoms with Gasteiger partial charge < -0.3 is 10.6 Å². The van der Waals surface area contributed by atoms with Crippen LogP contribution in [0.3, 0.4) is 0 Å². The molecular weight excluding hydrogens is 340 g/mol. The number of hydrogen-bond donors (Lipinski definition) is 1. The van der Waals surface area contributed by atoms with Crippen LogP contribution in [0.25, 0.3) is 0 Å². The molecule has 120 valence electrons. The van der Waals surface area contributed by atoms with Crippen molar-refractivity contribution in [2.75, 3.05) is 23.7 Å². The number of aromatic nitrogens is 2. The van der Waals surface area contributed by atoms with Crippen LogP contribution in [0.15, 0.2) is 29.5 Å². The molecule has 2 aliphatic rings. The van der Waals surface area contributed by atoms with E-state index in [0.29, 0.717) is 24.2 Å². The number of nitrogens with zero attached hydrogens (tertiary/aromatic N) is 4. The van der Waals surface area contributed by atoms with Crippen LogP contribution in [0.4, 0.5) is 14.7 Å². The highest BCUT2D eigenvalue weighted by Crippen LogP contribution is 2.47. The normalized spacial score (nSPS) is 27.0. The average molecular weight is 353 g/mol. The number of anilines is 1. The molecule has 4 heterocycles. The molecule has 2 aromatic heterocycles. The summed E-state index contributed by atoms with van der Waals surface area (Å²) in [6.45, 7) is 1.18. The molecular formula is C14H13F2N5S2. The minimum Gasteiger partial charge on any atom is -0.379 e. The Balaban J connectivity index is 1.74. The van der Waals surface area contributed by atoms with Crippen molar-refractivity contribution in [3.8, 4) is 0 Å². The minimum atomic E-state index is -0.581. The number of rotatable bonds is 2. The second-order valence-electron chi connectivity index (χ2n) is 5.57. The Morgan fingerprint density at radius 1 is 1.26 bits per heavy atom. The van der Waals surface area contributed by atoms with Gasteiger partial charge in [0, 0.05) is 23.1 Å². The molecule has 2 aliphatic heterocycles. The van der Waals surface area contributed by atoms with Crippen LogP contribution in [-0.2, 0) is 5.54 Å². The molecule has 2 unspecified atom stereocenters. The van der Waals surface area contributed by atoms with E-state index >= 15 is 0 Å². The van der Waals surface area contributed by atoms with E-state index in [1.807, 2.05) is 4.90 Å². The number of aliphatic imine (C=N–C) groups is 1. The fraction of sp³-hybridized carbons (Fsp3) is 0.357. The number of thioether (sulfide) groups is 1. The number of halogens is 2. The van der Waals surface area contributed by atoms with Crippen LogP contribution in [-0.4, -0.2) is 34.0 Å². The lowest BCUT2D eigenvalue weighted by atomic mass is 9.87. The lowest BCUT2D eigenvalue weighted by molar-refractivity contribution is 0.395. The molecule has 0 spiro atoms. The largest absolute Gasteiger partial charge is 0.379 e. The summed E-state index contributed by atoms with van der Waals surface area (Å²) in [7, 11) is 0. The number of nitrogens with two attached hydrogens (primary N) is 1. The van der Waals surface area contributed by atoms with Gasteiger partial charge in [0.25, 0.3) is 0 Å². The second kappa shape index (κ2) is 5.41. The second-order valence-corrected chi connectivity index (χ2v) is 7.64. The summed E-state index contributed by atoms with van der Waals surface area (Å²) < 4.78 is 26.6. The third-order valence-electron chi connectivity index (χ3n) is 4.18. The molecule has 0 aliphatic carbocycles. The van der Waals surface area contributed by atoms with Crippen molar-refractivity contribution in [1.29, 1.82) is 0 Å². The minimum absolute atomic E-state index is 0.173. The molecule has 2 atom stereocenters. The van der Waals surface area contributed by atoms with Crippen LogP contribution in [0.1, 0.15) is 4.88 Å². The van der Waals surface area contributed by atoms with E-state index in [2.05, 4.69) is 15.0 Å². The lowest BCUT2D eigenvalue weighted by Crippen LogP contribution is -2.39. The maximum absolute atomic E-state index is 13.6. The zero-order valence-corrected chi connectivity index (χ0v) is 13.6. The van der Waals surface area contributed by atoms with Gasteiger partial charge >= 0.3 is 0 Å². The summed E-state index contributed by atoms with van der Waals surface area (Å²) in [6.07, 6.45) is 2.29. The predicted octanol–water partition coefficient (Wildman–Crippen LogP) is 2.21. The first-order chi connectivity index (χ1) is 11.1. The fourth-order valence-electron chi connectivity index (χ4n) is 3.14. The monoisotopic (exact) mass is 353 g/mol. The Kier molecular flexibility index (Phi) is 3.49. The van der Waals surface area contributed by atoms with Gasteiger partial charge in [0.05, 0.1) is 18.9 Å². The fourth-order valence-corrected chi connectivity index (χ4v) is 5.05. The highest BCUT2D eigenvalue weighted by atomic mass is 32.2. The maximum Gasteiger partial charge on any atom is 0.225 e. The summed E-state index contributed by atoms with van der Waals surface area (Å²) in [5.41, 5.74) is 5.37. The van der Waals surface area contributed by atoms with E-state index in [1.54, 1.807) is 6.07 Å². The van der Waals surface area contributed by atoms with Crippen LogP contribution >= 0.6 is 23.1 Å². The van der Waals surface area contributed by atoms with Crippen molar-refractivity contribution in [3.05, 3.63) is 40.4 Å². The molecule has 2 aromatic rings. The van der Waals surface area contributed by atoms with Crippen molar-refractivity contribution in [2.45, 2.75) is 5.54 Å². The van der Waals surface area contributed by atoms with Gasteiger partial charge in [-0.1, -0.05) is 11.8 Å². The van der Waals surface area contributed by atoms with E-state index in [0.717, 1.165) is 34.4 Å². The Bertz CT molecular complexity index is 763. The molecule has 0 aromatic carbocycles. The molecule has 4 rings (SSSR count). The Morgan fingerprint density at radius 2 is 2.04 bits per heavy atom. The zero-order chi connectivity index (χ0) is 16.0. The van der Waals surface area contributed by atoms with E-state index in [4.69, 9.17) is 5.73 Å². The SMILES string of the molecule is NC1=NC2(c3ccc(F)s3)CN(c3ncc(F)cn3)CC2CS1. The summed E-state index contributed by atoms with van der Waals surface area (Å²) >= 11 is 2.60. The van der Waals surface area contributed by atoms with E-state index in [9.17, 15) is 8.78 Å². The topological polar surface area (TPSA) is 67.4 Å². The molecule has 0 bridgehead atoms. The maximum atomic E-state index is 13.6. The molecule has 1 fully saturated rings. The van der Waals surface area contributed by atoms with Crippen molar-refractivity contribution >= 4 is 34.2 Å². The lowest BCUT2D eigenvalue weighted by Gasteiger charge is -2.33. The number of hydrogen-bond acceptors (Lipinski definition) is 7. The third kappa shape index (κ3) is 2.47. The van der Waals surface area contributed by atoms with Gasteiger partial charge in [-0.3, -0.25) is 0 Å². The summed E-state index contributed by atoms with van der Waals surface area (Å²) in [5.74, 6) is 0.952. The number of fused-ring (bicyclic) bond motifs is 1. The number of thiophene rings is 1.